The van der Waals surface area contributed by atoms with E-state index in [4.69, 9.17) is 4.74 Å². The predicted molar refractivity (Wildman–Crippen MR) is 97.4 cm³/mol. The van der Waals surface area contributed by atoms with Crippen molar-refractivity contribution in [3.8, 4) is 5.75 Å². The van der Waals surface area contributed by atoms with Crippen LogP contribution in [-0.2, 0) is 4.79 Å². The summed E-state index contributed by atoms with van der Waals surface area (Å²) in [6.07, 6.45) is 6.81. The van der Waals surface area contributed by atoms with Crippen LogP contribution < -0.4 is 4.74 Å². The Morgan fingerprint density at radius 2 is 1.88 bits per heavy atom. The fraction of sp³-hybridized carbons (Fsp3) is 0.500. The SMILES string of the molecule is CC=CC(=O)Oc1c(C(CC)CCCCC)cc([N+](=O)[O-])cc1[N+](=O)[O-]. The van der Waals surface area contributed by atoms with Crippen LogP contribution in [-0.4, -0.2) is 15.8 Å². The maximum atomic E-state index is 11.9. The standard InChI is InChI=1S/C18H24N2O6/c1-4-7-8-10-13(6-3)15-11-14(19(22)23)12-16(20(24)25)18(15)26-17(21)9-5-2/h5,9,11-13H,4,6-8,10H2,1-3H3. The number of hydrogen-bond donors (Lipinski definition) is 0. The van der Waals surface area contributed by atoms with Gasteiger partial charge in [-0.15, -0.1) is 0 Å². The van der Waals surface area contributed by atoms with Gasteiger partial charge in [-0.2, -0.15) is 0 Å². The molecule has 0 heterocycles. The molecule has 0 bridgehead atoms. The molecule has 0 amide bonds. The largest absolute Gasteiger partial charge is 0.416 e. The first-order valence-electron chi connectivity index (χ1n) is 8.66. The van der Waals surface area contributed by atoms with Crippen LogP contribution in [0.5, 0.6) is 5.75 Å². The molecule has 0 saturated heterocycles. The highest BCUT2D eigenvalue weighted by Crippen LogP contribution is 2.42. The highest BCUT2D eigenvalue weighted by atomic mass is 16.6. The first-order valence-corrected chi connectivity index (χ1v) is 8.66. The minimum atomic E-state index is -0.756. The van der Waals surface area contributed by atoms with Crippen LogP contribution in [0.15, 0.2) is 24.3 Å². The van der Waals surface area contributed by atoms with Crippen molar-refractivity contribution in [2.75, 3.05) is 0 Å². The number of nitro groups is 2. The molecule has 1 rings (SSSR count). The lowest BCUT2D eigenvalue weighted by molar-refractivity contribution is -0.394. The molecule has 0 aliphatic rings. The van der Waals surface area contributed by atoms with Gasteiger partial charge >= 0.3 is 11.7 Å². The Bertz CT molecular complexity index is 699. The van der Waals surface area contributed by atoms with E-state index in [-0.39, 0.29) is 17.4 Å². The van der Waals surface area contributed by atoms with Gasteiger partial charge in [0.05, 0.1) is 15.9 Å². The number of rotatable bonds is 10. The van der Waals surface area contributed by atoms with E-state index in [1.165, 1.54) is 12.1 Å². The number of non-ortho nitro benzene ring substituents is 1. The summed E-state index contributed by atoms with van der Waals surface area (Å²) in [5.41, 5.74) is -0.616. The van der Waals surface area contributed by atoms with Crippen molar-refractivity contribution in [3.05, 3.63) is 50.1 Å². The summed E-state index contributed by atoms with van der Waals surface area (Å²) in [7, 11) is 0. The summed E-state index contributed by atoms with van der Waals surface area (Å²) in [5.74, 6) is -1.13. The average molecular weight is 364 g/mol. The van der Waals surface area contributed by atoms with Crippen LogP contribution in [0, 0.1) is 20.2 Å². The van der Waals surface area contributed by atoms with Gasteiger partial charge in [-0.3, -0.25) is 20.2 Å². The average Bonchev–Trinajstić information content (AvgIpc) is 2.59. The van der Waals surface area contributed by atoms with Crippen molar-refractivity contribution in [3.63, 3.8) is 0 Å². The summed E-state index contributed by atoms with van der Waals surface area (Å²) in [6, 6.07) is 2.12. The maximum absolute atomic E-state index is 11.9. The molecule has 0 N–H and O–H groups in total. The monoisotopic (exact) mass is 364 g/mol. The van der Waals surface area contributed by atoms with Gasteiger partial charge in [0.1, 0.15) is 0 Å². The number of carbonyl (C=O) groups excluding carboxylic acids is 1. The van der Waals surface area contributed by atoms with E-state index in [0.717, 1.165) is 31.4 Å². The van der Waals surface area contributed by atoms with Crippen LogP contribution in [0.1, 0.15) is 64.4 Å². The van der Waals surface area contributed by atoms with E-state index in [9.17, 15) is 25.0 Å². The van der Waals surface area contributed by atoms with E-state index >= 15 is 0 Å². The molecule has 26 heavy (non-hydrogen) atoms. The number of ether oxygens (including phenoxy) is 1. The molecule has 0 aliphatic carbocycles. The Balaban J connectivity index is 3.51. The molecule has 1 atom stereocenters. The molecule has 1 aromatic rings. The van der Waals surface area contributed by atoms with E-state index in [0.29, 0.717) is 18.4 Å². The van der Waals surface area contributed by atoms with E-state index < -0.39 is 21.5 Å². The minimum absolute atomic E-state index is 0.173. The topological polar surface area (TPSA) is 113 Å². The van der Waals surface area contributed by atoms with Crippen molar-refractivity contribution >= 4 is 17.3 Å². The Morgan fingerprint density at radius 3 is 2.38 bits per heavy atom. The summed E-state index contributed by atoms with van der Waals surface area (Å²) in [5, 5.41) is 22.6. The zero-order valence-corrected chi connectivity index (χ0v) is 15.3. The Hall–Kier alpha value is -2.77. The normalized spacial score (nSPS) is 12.1. The van der Waals surface area contributed by atoms with E-state index in [1.54, 1.807) is 6.92 Å². The van der Waals surface area contributed by atoms with Gasteiger partial charge < -0.3 is 4.74 Å². The third-order valence-electron chi connectivity index (χ3n) is 4.08. The number of benzene rings is 1. The fourth-order valence-corrected chi connectivity index (χ4v) is 2.77. The molecule has 8 nitrogen and oxygen atoms in total. The van der Waals surface area contributed by atoms with Gasteiger partial charge in [0.2, 0.25) is 5.75 Å². The first-order chi connectivity index (χ1) is 12.3. The second-order valence-electron chi connectivity index (χ2n) is 5.92. The fourth-order valence-electron chi connectivity index (χ4n) is 2.77. The van der Waals surface area contributed by atoms with Gasteiger partial charge in [0.15, 0.2) is 0 Å². The second kappa shape index (κ2) is 10.3. The van der Waals surface area contributed by atoms with E-state index in [1.807, 2.05) is 6.92 Å². The summed E-state index contributed by atoms with van der Waals surface area (Å²) >= 11 is 0. The highest BCUT2D eigenvalue weighted by Gasteiger charge is 2.30. The van der Waals surface area contributed by atoms with Crippen molar-refractivity contribution < 1.29 is 19.4 Å². The predicted octanol–water partition coefficient (Wildman–Crippen LogP) is 5.06. The third kappa shape index (κ3) is 5.65. The van der Waals surface area contributed by atoms with Gasteiger partial charge in [-0.1, -0.05) is 39.2 Å². The van der Waals surface area contributed by atoms with Crippen molar-refractivity contribution in [1.29, 1.82) is 0 Å². The summed E-state index contributed by atoms with van der Waals surface area (Å²) < 4.78 is 5.21. The molecule has 142 valence electrons. The Kier molecular flexibility index (Phi) is 8.41. The number of unbranched alkanes of at least 4 members (excludes halogenated alkanes) is 2. The molecule has 0 fully saturated rings. The molecule has 1 aromatic carbocycles. The lowest BCUT2D eigenvalue weighted by Crippen LogP contribution is -2.11. The van der Waals surface area contributed by atoms with Gasteiger partial charge in [-0.25, -0.2) is 4.79 Å². The van der Waals surface area contributed by atoms with Crippen molar-refractivity contribution in [2.45, 2.75) is 58.8 Å². The molecular weight excluding hydrogens is 340 g/mol. The van der Waals surface area contributed by atoms with E-state index in [2.05, 4.69) is 6.92 Å². The van der Waals surface area contributed by atoms with Gasteiger partial charge in [0.25, 0.3) is 5.69 Å². The lowest BCUT2D eigenvalue weighted by Gasteiger charge is -2.18. The zero-order chi connectivity index (χ0) is 19.7. The number of carbonyl (C=O) groups is 1. The number of allylic oxidation sites excluding steroid dienone is 1. The zero-order valence-electron chi connectivity index (χ0n) is 15.3. The first kappa shape index (κ1) is 21.3. The highest BCUT2D eigenvalue weighted by molar-refractivity contribution is 5.85. The minimum Gasteiger partial charge on any atom is -0.416 e. The Morgan fingerprint density at radius 1 is 1.19 bits per heavy atom. The summed E-state index contributed by atoms with van der Waals surface area (Å²) in [4.78, 5) is 33.1. The van der Waals surface area contributed by atoms with Crippen LogP contribution in [0.25, 0.3) is 0 Å². The van der Waals surface area contributed by atoms with Crippen molar-refractivity contribution in [2.24, 2.45) is 0 Å². The second-order valence-corrected chi connectivity index (χ2v) is 5.92. The van der Waals surface area contributed by atoms with Crippen LogP contribution >= 0.6 is 0 Å². The summed E-state index contributed by atoms with van der Waals surface area (Å²) in [6.45, 7) is 5.58. The molecular formula is C18H24N2O6. The van der Waals surface area contributed by atoms with Crippen LogP contribution in [0.3, 0.4) is 0 Å². The molecule has 0 radical (unpaired) electrons. The molecule has 8 heteroatoms. The number of hydrogen-bond acceptors (Lipinski definition) is 6. The van der Waals surface area contributed by atoms with Crippen LogP contribution in [0.2, 0.25) is 0 Å². The van der Waals surface area contributed by atoms with Gasteiger partial charge in [-0.05, 0) is 25.7 Å². The quantitative estimate of drug-likeness (QED) is 0.143. The molecule has 0 aliphatic heterocycles. The number of esters is 1. The molecule has 0 saturated carbocycles. The number of nitrogens with zero attached hydrogens (tertiary/aromatic N) is 2. The smallest absolute Gasteiger partial charge is 0.336 e. The molecule has 1 unspecified atom stereocenters. The lowest BCUT2D eigenvalue weighted by atomic mass is 9.89. The maximum Gasteiger partial charge on any atom is 0.336 e. The molecule has 0 aromatic heterocycles. The third-order valence-corrected chi connectivity index (χ3v) is 4.08. The van der Waals surface area contributed by atoms with Crippen molar-refractivity contribution in [1.82, 2.24) is 0 Å². The van der Waals surface area contributed by atoms with Gasteiger partial charge in [0, 0.05) is 17.7 Å². The van der Waals surface area contributed by atoms with Crippen LogP contribution in [0.4, 0.5) is 11.4 Å². The number of nitro benzene ring substituents is 2. The molecule has 0 spiro atoms. The Labute approximate surface area is 152 Å².